The maximum Gasteiger partial charge on any atom is 0.254 e. The van der Waals surface area contributed by atoms with Gasteiger partial charge in [0.05, 0.1) is 12.2 Å². The first-order chi connectivity index (χ1) is 10.3. The fourth-order valence-electron chi connectivity index (χ4n) is 2.63. The molecule has 2 aliphatic heterocycles. The van der Waals surface area contributed by atoms with Gasteiger partial charge in [-0.05, 0) is 11.4 Å². The summed E-state index contributed by atoms with van der Waals surface area (Å²) in [4.78, 5) is 28.2. The minimum Gasteiger partial charge on any atom is -0.366 e. The molecule has 1 unspecified atom stereocenters. The largest absolute Gasteiger partial charge is 0.366 e. The second-order valence-electron chi connectivity index (χ2n) is 5.19. The molecular weight excluding hydrogens is 290 g/mol. The Morgan fingerprint density at radius 3 is 2.62 bits per heavy atom. The van der Waals surface area contributed by atoms with E-state index in [4.69, 9.17) is 4.74 Å². The molecule has 0 aliphatic carbocycles. The molecule has 1 aromatic rings. The lowest BCUT2D eigenvalue weighted by Crippen LogP contribution is -2.55. The van der Waals surface area contributed by atoms with Crippen LogP contribution in [-0.4, -0.2) is 73.6 Å². The first kappa shape index (κ1) is 14.5. The summed E-state index contributed by atoms with van der Waals surface area (Å²) in [5.74, 6) is 0.0868. The van der Waals surface area contributed by atoms with Gasteiger partial charge in [-0.2, -0.15) is 11.3 Å². The number of thiophene rings is 1. The fraction of sp³-hybridized carbons (Fsp3) is 0.571. The smallest absolute Gasteiger partial charge is 0.254 e. The number of carbonyl (C=O) groups excluding carboxylic acids is 2. The minimum absolute atomic E-state index is 0.0323. The van der Waals surface area contributed by atoms with Gasteiger partial charge in [0.2, 0.25) is 0 Å². The van der Waals surface area contributed by atoms with E-state index in [1.165, 1.54) is 11.3 Å². The van der Waals surface area contributed by atoms with Gasteiger partial charge in [0, 0.05) is 44.6 Å². The lowest BCUT2D eigenvalue weighted by Gasteiger charge is -2.37. The van der Waals surface area contributed by atoms with Crippen molar-refractivity contribution in [2.75, 3.05) is 45.9 Å². The Bertz CT molecular complexity index is 492. The Morgan fingerprint density at radius 2 is 2.00 bits per heavy atom. The zero-order valence-corrected chi connectivity index (χ0v) is 12.6. The number of piperazine rings is 1. The lowest BCUT2D eigenvalue weighted by molar-refractivity contribution is -0.146. The van der Waals surface area contributed by atoms with Gasteiger partial charge in [-0.15, -0.1) is 0 Å². The fourth-order valence-corrected chi connectivity index (χ4v) is 3.26. The summed E-state index contributed by atoms with van der Waals surface area (Å²) in [5, 5.41) is 6.93. The summed E-state index contributed by atoms with van der Waals surface area (Å²) in [5.41, 5.74) is 0.736. The first-order valence-corrected chi connectivity index (χ1v) is 8.12. The molecule has 0 radical (unpaired) electrons. The van der Waals surface area contributed by atoms with Crippen molar-refractivity contribution in [1.29, 1.82) is 0 Å². The number of morpholine rings is 1. The third kappa shape index (κ3) is 3.25. The molecule has 2 saturated heterocycles. The highest BCUT2D eigenvalue weighted by Crippen LogP contribution is 2.13. The predicted octanol–water partition coefficient (Wildman–Crippen LogP) is 0.0209. The van der Waals surface area contributed by atoms with Crippen LogP contribution in [0.25, 0.3) is 0 Å². The first-order valence-electron chi connectivity index (χ1n) is 7.18. The van der Waals surface area contributed by atoms with E-state index in [2.05, 4.69) is 5.32 Å². The lowest BCUT2D eigenvalue weighted by atomic mass is 10.2. The summed E-state index contributed by atoms with van der Waals surface area (Å²) in [6, 6.07) is 1.84. The van der Waals surface area contributed by atoms with Crippen LogP contribution >= 0.6 is 11.3 Å². The quantitative estimate of drug-likeness (QED) is 0.837. The summed E-state index contributed by atoms with van der Waals surface area (Å²) in [7, 11) is 0. The van der Waals surface area contributed by atoms with Crippen LogP contribution in [0.2, 0.25) is 0 Å². The Labute approximate surface area is 127 Å². The van der Waals surface area contributed by atoms with Crippen LogP contribution in [0.1, 0.15) is 10.4 Å². The van der Waals surface area contributed by atoms with Crippen molar-refractivity contribution in [2.45, 2.75) is 6.10 Å². The Balaban J connectivity index is 1.52. The summed E-state index contributed by atoms with van der Waals surface area (Å²) in [6.45, 7) is 4.27. The van der Waals surface area contributed by atoms with E-state index in [1.54, 1.807) is 4.90 Å². The normalized spacial score (nSPS) is 23.1. The van der Waals surface area contributed by atoms with E-state index in [-0.39, 0.29) is 17.9 Å². The van der Waals surface area contributed by atoms with Crippen molar-refractivity contribution in [1.82, 2.24) is 15.1 Å². The minimum atomic E-state index is -0.377. The molecular formula is C14H19N3O3S. The van der Waals surface area contributed by atoms with Crippen LogP contribution in [0.3, 0.4) is 0 Å². The third-order valence-electron chi connectivity index (χ3n) is 3.85. The van der Waals surface area contributed by atoms with Crippen LogP contribution in [0.4, 0.5) is 0 Å². The van der Waals surface area contributed by atoms with Crippen LogP contribution in [-0.2, 0) is 9.53 Å². The van der Waals surface area contributed by atoms with Gasteiger partial charge in [0.25, 0.3) is 11.8 Å². The highest BCUT2D eigenvalue weighted by Gasteiger charge is 2.30. The number of nitrogens with one attached hydrogen (secondary N) is 1. The number of ether oxygens (including phenoxy) is 1. The van der Waals surface area contributed by atoms with Crippen LogP contribution in [0.5, 0.6) is 0 Å². The molecule has 0 saturated carbocycles. The molecule has 7 heteroatoms. The number of nitrogens with zero attached hydrogens (tertiary/aromatic N) is 2. The molecule has 2 aliphatic rings. The van der Waals surface area contributed by atoms with Gasteiger partial charge < -0.3 is 19.9 Å². The molecule has 21 heavy (non-hydrogen) atoms. The monoisotopic (exact) mass is 309 g/mol. The standard InChI is InChI=1S/C14H19N3O3S/c18-13(11-1-8-21-10-11)16-3-5-17(6-4-16)14(19)12-9-15-2-7-20-12/h1,8,10,12,15H,2-7,9H2. The molecule has 2 amide bonds. The number of hydrogen-bond acceptors (Lipinski definition) is 5. The van der Waals surface area contributed by atoms with Crippen LogP contribution < -0.4 is 5.32 Å². The molecule has 1 N–H and O–H groups in total. The van der Waals surface area contributed by atoms with E-state index in [0.29, 0.717) is 39.3 Å². The zero-order valence-electron chi connectivity index (χ0n) is 11.8. The highest BCUT2D eigenvalue weighted by molar-refractivity contribution is 7.08. The predicted molar refractivity (Wildman–Crippen MR) is 79.4 cm³/mol. The SMILES string of the molecule is O=C(c1ccsc1)N1CCN(C(=O)C2CNCCO2)CC1. The molecule has 3 heterocycles. The molecule has 1 aromatic heterocycles. The average Bonchev–Trinajstić information content (AvgIpc) is 3.09. The maximum atomic E-state index is 12.3. The molecule has 6 nitrogen and oxygen atoms in total. The van der Waals surface area contributed by atoms with E-state index < -0.39 is 0 Å². The molecule has 3 rings (SSSR count). The Morgan fingerprint density at radius 1 is 1.24 bits per heavy atom. The van der Waals surface area contributed by atoms with Crippen LogP contribution in [0.15, 0.2) is 16.8 Å². The van der Waals surface area contributed by atoms with Crippen molar-refractivity contribution >= 4 is 23.2 Å². The van der Waals surface area contributed by atoms with Crippen molar-refractivity contribution in [2.24, 2.45) is 0 Å². The van der Waals surface area contributed by atoms with Crippen molar-refractivity contribution in [3.8, 4) is 0 Å². The highest BCUT2D eigenvalue weighted by atomic mass is 32.1. The molecule has 0 aromatic carbocycles. The number of hydrogen-bond donors (Lipinski definition) is 1. The van der Waals surface area contributed by atoms with Gasteiger partial charge >= 0.3 is 0 Å². The molecule has 114 valence electrons. The molecule has 0 spiro atoms. The van der Waals surface area contributed by atoms with Crippen molar-refractivity contribution in [3.05, 3.63) is 22.4 Å². The molecule has 0 bridgehead atoms. The number of rotatable bonds is 2. The average molecular weight is 309 g/mol. The maximum absolute atomic E-state index is 12.3. The Kier molecular flexibility index (Phi) is 4.52. The second kappa shape index (κ2) is 6.55. The van der Waals surface area contributed by atoms with Gasteiger partial charge in [0.15, 0.2) is 0 Å². The van der Waals surface area contributed by atoms with E-state index in [9.17, 15) is 9.59 Å². The number of carbonyl (C=O) groups is 2. The van der Waals surface area contributed by atoms with E-state index >= 15 is 0 Å². The van der Waals surface area contributed by atoms with Crippen molar-refractivity contribution < 1.29 is 14.3 Å². The Hall–Kier alpha value is -1.44. The topological polar surface area (TPSA) is 61.9 Å². The van der Waals surface area contributed by atoms with E-state index in [0.717, 1.165) is 12.1 Å². The van der Waals surface area contributed by atoms with Crippen LogP contribution in [0, 0.1) is 0 Å². The second-order valence-corrected chi connectivity index (χ2v) is 5.97. The number of amides is 2. The third-order valence-corrected chi connectivity index (χ3v) is 4.53. The molecule has 1 atom stereocenters. The van der Waals surface area contributed by atoms with Gasteiger partial charge in [-0.3, -0.25) is 9.59 Å². The van der Waals surface area contributed by atoms with Gasteiger partial charge in [-0.1, -0.05) is 0 Å². The van der Waals surface area contributed by atoms with Gasteiger partial charge in [0.1, 0.15) is 6.10 Å². The van der Waals surface area contributed by atoms with Crippen molar-refractivity contribution in [3.63, 3.8) is 0 Å². The van der Waals surface area contributed by atoms with Gasteiger partial charge in [-0.25, -0.2) is 0 Å². The summed E-state index contributed by atoms with van der Waals surface area (Å²) < 4.78 is 5.49. The summed E-state index contributed by atoms with van der Waals surface area (Å²) >= 11 is 1.52. The van der Waals surface area contributed by atoms with E-state index in [1.807, 2.05) is 21.7 Å². The summed E-state index contributed by atoms with van der Waals surface area (Å²) in [6.07, 6.45) is -0.377. The molecule has 2 fully saturated rings. The zero-order chi connectivity index (χ0) is 14.7.